The molecule has 1 atom stereocenters. The Hall–Kier alpha value is -2.58. The van der Waals surface area contributed by atoms with Crippen molar-refractivity contribution in [2.45, 2.75) is 20.1 Å². The van der Waals surface area contributed by atoms with Crippen LogP contribution < -0.4 is 14.8 Å². The van der Waals surface area contributed by atoms with E-state index >= 15 is 0 Å². The Morgan fingerprint density at radius 2 is 2.04 bits per heavy atom. The van der Waals surface area contributed by atoms with E-state index in [-0.39, 0.29) is 18.8 Å². The molecule has 1 aromatic carbocycles. The topological polar surface area (TPSA) is 88.1 Å². The van der Waals surface area contributed by atoms with Crippen molar-refractivity contribution in [3.05, 3.63) is 23.8 Å². The number of aliphatic carboxylic acids is 1. The van der Waals surface area contributed by atoms with Crippen LogP contribution >= 0.6 is 0 Å². The zero-order valence-electron chi connectivity index (χ0n) is 13.6. The molecule has 0 saturated heterocycles. The zero-order chi connectivity index (χ0) is 18.3. The maximum absolute atomic E-state index is 12.4. The van der Waals surface area contributed by atoms with Gasteiger partial charge in [0.1, 0.15) is 11.5 Å². The average Bonchev–Trinajstić information content (AvgIpc) is 2.52. The van der Waals surface area contributed by atoms with Gasteiger partial charge in [0.15, 0.2) is 0 Å². The molecule has 0 aliphatic carbocycles. The number of hydrogen-bond acceptors (Lipinski definition) is 4. The van der Waals surface area contributed by atoms with Gasteiger partial charge in [-0.15, -0.1) is 0 Å². The Morgan fingerprint density at radius 1 is 1.38 bits per heavy atom. The molecule has 2 N–H and O–H groups in total. The van der Waals surface area contributed by atoms with Crippen molar-refractivity contribution in [1.29, 1.82) is 0 Å². The zero-order valence-corrected chi connectivity index (χ0v) is 13.6. The van der Waals surface area contributed by atoms with Crippen molar-refractivity contribution in [2.75, 3.05) is 20.7 Å². The van der Waals surface area contributed by atoms with Gasteiger partial charge >= 0.3 is 18.6 Å². The number of amides is 2. The maximum atomic E-state index is 12.4. The molecular formula is C15H20F2N2O5. The normalized spacial score (nSPS) is 11.8. The Bertz CT molecular complexity index is 583. The number of urea groups is 1. The SMILES string of the molecule is COc1ccc(OC(F)F)c(CNC(=O)N(C)CC(C)C(=O)O)c1. The molecule has 0 heterocycles. The summed E-state index contributed by atoms with van der Waals surface area (Å²) in [6, 6.07) is 3.72. The summed E-state index contributed by atoms with van der Waals surface area (Å²) in [6.45, 7) is -1.58. The fraction of sp³-hybridized carbons (Fsp3) is 0.467. The third-order valence-corrected chi connectivity index (χ3v) is 3.23. The van der Waals surface area contributed by atoms with Crippen molar-refractivity contribution in [3.63, 3.8) is 0 Å². The molecule has 0 aliphatic rings. The van der Waals surface area contributed by atoms with Crippen LogP contribution in [-0.2, 0) is 11.3 Å². The van der Waals surface area contributed by atoms with Crippen molar-refractivity contribution in [2.24, 2.45) is 5.92 Å². The van der Waals surface area contributed by atoms with Gasteiger partial charge in [0.2, 0.25) is 0 Å². The number of carboxylic acid groups (broad SMARTS) is 1. The number of carbonyl (C=O) groups is 2. The number of carbonyl (C=O) groups excluding carboxylic acids is 1. The number of ether oxygens (including phenoxy) is 2. The summed E-state index contributed by atoms with van der Waals surface area (Å²) in [5, 5.41) is 11.4. The molecule has 0 radical (unpaired) electrons. The molecule has 1 rings (SSSR count). The Balaban J connectivity index is 2.74. The second-order valence-electron chi connectivity index (χ2n) is 5.13. The Labute approximate surface area is 138 Å². The number of nitrogens with zero attached hydrogens (tertiary/aromatic N) is 1. The van der Waals surface area contributed by atoms with E-state index in [4.69, 9.17) is 9.84 Å². The van der Waals surface area contributed by atoms with Crippen LogP contribution in [0, 0.1) is 5.92 Å². The van der Waals surface area contributed by atoms with Crippen molar-refractivity contribution < 1.29 is 33.0 Å². The van der Waals surface area contributed by atoms with E-state index in [1.165, 1.54) is 44.2 Å². The maximum Gasteiger partial charge on any atom is 0.387 e. The molecule has 0 aromatic heterocycles. The second-order valence-corrected chi connectivity index (χ2v) is 5.13. The Morgan fingerprint density at radius 3 is 2.58 bits per heavy atom. The molecule has 1 aromatic rings. The van der Waals surface area contributed by atoms with Gasteiger partial charge in [-0.1, -0.05) is 6.92 Å². The summed E-state index contributed by atoms with van der Waals surface area (Å²) in [5.41, 5.74) is 0.308. The van der Waals surface area contributed by atoms with E-state index in [1.807, 2.05) is 0 Å². The second kappa shape index (κ2) is 8.90. The monoisotopic (exact) mass is 346 g/mol. The fourth-order valence-corrected chi connectivity index (χ4v) is 1.91. The van der Waals surface area contributed by atoms with E-state index in [0.717, 1.165) is 0 Å². The van der Waals surface area contributed by atoms with Crippen molar-refractivity contribution in [1.82, 2.24) is 10.2 Å². The largest absolute Gasteiger partial charge is 0.497 e. The molecule has 24 heavy (non-hydrogen) atoms. The van der Waals surface area contributed by atoms with Gasteiger partial charge in [-0.05, 0) is 18.2 Å². The van der Waals surface area contributed by atoms with Crippen LogP contribution in [0.1, 0.15) is 12.5 Å². The number of halogens is 2. The molecule has 7 nitrogen and oxygen atoms in total. The minimum Gasteiger partial charge on any atom is -0.497 e. The van der Waals surface area contributed by atoms with Gasteiger partial charge in [0.05, 0.1) is 13.0 Å². The highest BCUT2D eigenvalue weighted by Crippen LogP contribution is 2.25. The predicted octanol–water partition coefficient (Wildman–Crippen LogP) is 2.16. The number of rotatable bonds is 8. The first-order valence-electron chi connectivity index (χ1n) is 7.08. The van der Waals surface area contributed by atoms with E-state index in [9.17, 15) is 18.4 Å². The minimum atomic E-state index is -2.99. The first-order valence-corrected chi connectivity index (χ1v) is 7.08. The molecule has 1 unspecified atom stereocenters. The fourth-order valence-electron chi connectivity index (χ4n) is 1.91. The summed E-state index contributed by atoms with van der Waals surface area (Å²) in [6.07, 6.45) is 0. The van der Waals surface area contributed by atoms with E-state index < -0.39 is 24.5 Å². The number of alkyl halides is 2. The van der Waals surface area contributed by atoms with Crippen LogP contribution in [0.15, 0.2) is 18.2 Å². The van der Waals surface area contributed by atoms with Gasteiger partial charge in [-0.2, -0.15) is 8.78 Å². The van der Waals surface area contributed by atoms with Crippen molar-refractivity contribution >= 4 is 12.0 Å². The summed E-state index contributed by atoms with van der Waals surface area (Å²) < 4.78 is 34.3. The molecule has 0 bridgehead atoms. The molecule has 2 amide bonds. The summed E-state index contributed by atoms with van der Waals surface area (Å²) in [4.78, 5) is 24.0. The van der Waals surface area contributed by atoms with Crippen LogP contribution in [0.3, 0.4) is 0 Å². The molecule has 0 aliphatic heterocycles. The van der Waals surface area contributed by atoms with Gasteiger partial charge < -0.3 is 24.8 Å². The minimum absolute atomic E-state index is 0.0136. The smallest absolute Gasteiger partial charge is 0.387 e. The lowest BCUT2D eigenvalue weighted by Gasteiger charge is -2.20. The number of hydrogen-bond donors (Lipinski definition) is 2. The standard InChI is InChI=1S/C15H20F2N2O5/c1-9(13(20)21)8-19(2)15(22)18-7-10-6-11(23-3)4-5-12(10)24-14(16)17/h4-6,9,14H,7-8H2,1-3H3,(H,18,22)(H,20,21). The highest BCUT2D eigenvalue weighted by Gasteiger charge is 2.18. The van der Waals surface area contributed by atoms with Crippen LogP contribution in [0.2, 0.25) is 0 Å². The molecule has 134 valence electrons. The quantitative estimate of drug-likeness (QED) is 0.753. The van der Waals surface area contributed by atoms with Gasteiger partial charge in [0, 0.05) is 25.7 Å². The molecular weight excluding hydrogens is 326 g/mol. The lowest BCUT2D eigenvalue weighted by atomic mass is 10.2. The molecule has 9 heteroatoms. The predicted molar refractivity (Wildman–Crippen MR) is 81.3 cm³/mol. The van der Waals surface area contributed by atoms with Gasteiger partial charge in [-0.25, -0.2) is 4.79 Å². The molecule has 0 spiro atoms. The highest BCUT2D eigenvalue weighted by atomic mass is 19.3. The third kappa shape index (κ3) is 5.90. The number of methoxy groups -OCH3 is 1. The van der Waals surface area contributed by atoms with Crippen molar-refractivity contribution in [3.8, 4) is 11.5 Å². The number of nitrogens with one attached hydrogen (secondary N) is 1. The Kier molecular flexibility index (Phi) is 7.22. The first kappa shape index (κ1) is 19.5. The van der Waals surface area contributed by atoms with Crippen LogP contribution in [0.4, 0.5) is 13.6 Å². The van der Waals surface area contributed by atoms with Crippen LogP contribution in [0.25, 0.3) is 0 Å². The van der Waals surface area contributed by atoms with Gasteiger partial charge in [-0.3, -0.25) is 4.79 Å². The first-order chi connectivity index (χ1) is 11.2. The lowest BCUT2D eigenvalue weighted by molar-refractivity contribution is -0.141. The number of benzene rings is 1. The third-order valence-electron chi connectivity index (χ3n) is 3.23. The van der Waals surface area contributed by atoms with E-state index in [1.54, 1.807) is 0 Å². The van der Waals surface area contributed by atoms with Crippen LogP contribution in [-0.4, -0.2) is 49.3 Å². The number of carboxylic acids is 1. The summed E-state index contributed by atoms with van der Waals surface area (Å²) in [7, 11) is 2.86. The van der Waals surface area contributed by atoms with Gasteiger partial charge in [0.25, 0.3) is 0 Å². The summed E-state index contributed by atoms with van der Waals surface area (Å²) in [5.74, 6) is -1.40. The lowest BCUT2D eigenvalue weighted by Crippen LogP contribution is -2.40. The highest BCUT2D eigenvalue weighted by molar-refractivity contribution is 5.75. The molecule has 0 fully saturated rings. The van der Waals surface area contributed by atoms with Crippen LogP contribution in [0.5, 0.6) is 11.5 Å². The molecule has 0 saturated carbocycles. The van der Waals surface area contributed by atoms with E-state index in [2.05, 4.69) is 10.1 Å². The van der Waals surface area contributed by atoms with E-state index in [0.29, 0.717) is 11.3 Å². The summed E-state index contributed by atoms with van der Waals surface area (Å²) >= 11 is 0. The average molecular weight is 346 g/mol.